The molecule has 0 radical (unpaired) electrons. The summed E-state index contributed by atoms with van der Waals surface area (Å²) in [5, 5.41) is 5.72. The van der Waals surface area contributed by atoms with Crippen LogP contribution in [0.3, 0.4) is 0 Å². The predicted molar refractivity (Wildman–Crippen MR) is 86.3 cm³/mol. The van der Waals surface area contributed by atoms with Crippen molar-refractivity contribution in [2.45, 2.75) is 13.3 Å². The Labute approximate surface area is 116 Å². The van der Waals surface area contributed by atoms with Crippen LogP contribution < -0.4 is 15.7 Å². The van der Waals surface area contributed by atoms with Crippen LogP contribution in [0, 0.1) is 0 Å². The molecule has 1 aliphatic carbocycles. The molecule has 0 bridgehead atoms. The molecule has 1 heteroatoms. The van der Waals surface area contributed by atoms with E-state index >= 15 is 0 Å². The molecule has 2 aromatic rings. The first-order chi connectivity index (χ1) is 9.33. The molecule has 94 valence electrons. The Hall–Kier alpha value is -1.65. The van der Waals surface area contributed by atoms with Crippen LogP contribution >= 0.6 is 8.58 Å². The zero-order chi connectivity index (χ0) is 13.1. The maximum atomic E-state index is 2.25. The minimum atomic E-state index is 0.758. The van der Waals surface area contributed by atoms with Gasteiger partial charge in [-0.3, -0.25) is 0 Å². The molecule has 0 amide bonds. The summed E-state index contributed by atoms with van der Waals surface area (Å²) in [6.07, 6.45) is 5.58. The van der Waals surface area contributed by atoms with Gasteiger partial charge in [0.2, 0.25) is 0 Å². The van der Waals surface area contributed by atoms with Gasteiger partial charge < -0.3 is 0 Å². The molecule has 0 fully saturated rings. The molecule has 0 nitrogen and oxygen atoms in total. The van der Waals surface area contributed by atoms with Crippen molar-refractivity contribution in [1.29, 1.82) is 0 Å². The van der Waals surface area contributed by atoms with Crippen molar-refractivity contribution in [3.63, 3.8) is 0 Å². The Morgan fingerprint density at radius 1 is 0.842 bits per heavy atom. The lowest BCUT2D eigenvalue weighted by atomic mass is 10.2. The molecule has 0 aromatic heterocycles. The molecule has 0 aliphatic heterocycles. The van der Waals surface area contributed by atoms with Crippen molar-refractivity contribution in [3.05, 3.63) is 76.7 Å². The molecule has 0 heterocycles. The van der Waals surface area contributed by atoms with Gasteiger partial charge >= 0.3 is 0 Å². The molecule has 0 spiro atoms. The second-order valence-corrected chi connectivity index (χ2v) is 6.34. The number of benzene rings is 2. The Morgan fingerprint density at radius 3 is 2.42 bits per heavy atom. The quantitative estimate of drug-likeness (QED) is 0.732. The van der Waals surface area contributed by atoms with Gasteiger partial charge in [0.05, 0.1) is 0 Å². The minimum Gasteiger partial charge on any atom is -0.0689 e. The van der Waals surface area contributed by atoms with Gasteiger partial charge in [-0.2, -0.15) is 0 Å². The Balaban J connectivity index is 2.13. The van der Waals surface area contributed by atoms with Crippen LogP contribution in [0.4, 0.5) is 0 Å². The fourth-order valence-electron chi connectivity index (χ4n) is 2.39. The average Bonchev–Trinajstić information content (AvgIpc) is 2.60. The standard InChI is InChI=1S/C18H17P/c1-14-11-12-15-7-5-6-10-17(15)18(13-14)19-16-8-3-2-4-9-16/h2-12,19H,13H2,1H3. The Kier molecular flexibility index (Phi) is 3.62. The predicted octanol–water partition coefficient (Wildman–Crippen LogP) is 2.93. The van der Waals surface area contributed by atoms with Crippen LogP contribution in [-0.4, -0.2) is 0 Å². The van der Waals surface area contributed by atoms with E-state index in [0.29, 0.717) is 0 Å². The largest absolute Gasteiger partial charge is 0.0689 e. The van der Waals surface area contributed by atoms with Crippen LogP contribution in [0.2, 0.25) is 0 Å². The van der Waals surface area contributed by atoms with Crippen LogP contribution in [-0.2, 0) is 0 Å². The van der Waals surface area contributed by atoms with E-state index in [1.165, 1.54) is 21.3 Å². The molecule has 0 saturated heterocycles. The Bertz CT molecular complexity index is 724. The fourth-order valence-corrected chi connectivity index (χ4v) is 3.83. The van der Waals surface area contributed by atoms with E-state index < -0.39 is 0 Å². The molecular weight excluding hydrogens is 247 g/mol. The number of hydrogen-bond donors (Lipinski definition) is 0. The van der Waals surface area contributed by atoms with E-state index in [4.69, 9.17) is 0 Å². The first-order valence-corrected chi connectivity index (χ1v) is 7.61. The number of fused-ring (bicyclic) bond motifs is 1. The molecule has 1 unspecified atom stereocenters. The van der Waals surface area contributed by atoms with E-state index in [9.17, 15) is 0 Å². The molecule has 0 saturated carbocycles. The van der Waals surface area contributed by atoms with Crippen molar-refractivity contribution in [3.8, 4) is 0 Å². The lowest BCUT2D eigenvalue weighted by molar-refractivity contribution is 1.26. The highest BCUT2D eigenvalue weighted by atomic mass is 31.1. The van der Waals surface area contributed by atoms with Crippen molar-refractivity contribution >= 4 is 25.3 Å². The smallest absolute Gasteiger partial charge is 0.00555 e. The third-order valence-electron chi connectivity index (χ3n) is 3.36. The van der Waals surface area contributed by atoms with E-state index in [1.54, 1.807) is 5.31 Å². The van der Waals surface area contributed by atoms with Crippen LogP contribution in [0.1, 0.15) is 13.3 Å². The second kappa shape index (κ2) is 5.55. The molecular formula is C18H17P. The summed E-state index contributed by atoms with van der Waals surface area (Å²) >= 11 is 0. The fraction of sp³-hybridized carbons (Fsp3) is 0.111. The lowest BCUT2D eigenvalue weighted by Gasteiger charge is -2.08. The zero-order valence-corrected chi connectivity index (χ0v) is 12.1. The first kappa shape index (κ1) is 12.4. The normalized spacial score (nSPS) is 14.8. The van der Waals surface area contributed by atoms with Gasteiger partial charge in [-0.05, 0) is 34.4 Å². The third-order valence-corrected chi connectivity index (χ3v) is 4.73. The zero-order valence-electron chi connectivity index (χ0n) is 11.1. The summed E-state index contributed by atoms with van der Waals surface area (Å²) in [4.78, 5) is 0. The van der Waals surface area contributed by atoms with E-state index in [-0.39, 0.29) is 0 Å². The van der Waals surface area contributed by atoms with Crippen LogP contribution in [0.15, 0.2) is 66.2 Å². The van der Waals surface area contributed by atoms with Crippen LogP contribution in [0.5, 0.6) is 0 Å². The molecule has 3 rings (SSSR count). The van der Waals surface area contributed by atoms with Crippen molar-refractivity contribution in [2.75, 3.05) is 0 Å². The van der Waals surface area contributed by atoms with Crippen molar-refractivity contribution < 1.29 is 0 Å². The van der Waals surface area contributed by atoms with Gasteiger partial charge in [0.25, 0.3) is 0 Å². The third kappa shape index (κ3) is 2.85. The topological polar surface area (TPSA) is 0 Å². The summed E-state index contributed by atoms with van der Waals surface area (Å²) in [7, 11) is 0.758. The monoisotopic (exact) mass is 264 g/mol. The van der Waals surface area contributed by atoms with Gasteiger partial charge in [-0.25, -0.2) is 0 Å². The first-order valence-electron chi connectivity index (χ1n) is 6.61. The highest BCUT2D eigenvalue weighted by Crippen LogP contribution is 2.29. The summed E-state index contributed by atoms with van der Waals surface area (Å²) in [6, 6.07) is 19.5. The number of rotatable bonds is 2. The molecule has 19 heavy (non-hydrogen) atoms. The highest BCUT2D eigenvalue weighted by Gasteiger charge is 2.05. The van der Waals surface area contributed by atoms with Crippen LogP contribution in [0.25, 0.3) is 11.4 Å². The number of hydrogen-bond acceptors (Lipinski definition) is 0. The van der Waals surface area contributed by atoms with Crippen molar-refractivity contribution in [1.82, 2.24) is 0 Å². The van der Waals surface area contributed by atoms with Gasteiger partial charge in [0, 0.05) is 0 Å². The van der Waals surface area contributed by atoms with E-state index in [0.717, 1.165) is 15.0 Å². The Morgan fingerprint density at radius 2 is 1.58 bits per heavy atom. The SMILES string of the molecule is CC1=CC=c2ccccc2=C(Pc2ccccc2)C1. The summed E-state index contributed by atoms with van der Waals surface area (Å²) in [5.41, 5.74) is 1.44. The average molecular weight is 264 g/mol. The summed E-state index contributed by atoms with van der Waals surface area (Å²) in [5.74, 6) is 0. The van der Waals surface area contributed by atoms with Gasteiger partial charge in [0.15, 0.2) is 0 Å². The second-order valence-electron chi connectivity index (χ2n) is 4.91. The molecule has 1 atom stereocenters. The number of allylic oxidation sites excluding steroid dienone is 2. The maximum Gasteiger partial charge on any atom is -0.00555 e. The van der Waals surface area contributed by atoms with Gasteiger partial charge in [-0.15, -0.1) is 0 Å². The van der Waals surface area contributed by atoms with Gasteiger partial charge in [-0.1, -0.05) is 80.9 Å². The summed E-state index contributed by atoms with van der Waals surface area (Å²) < 4.78 is 0. The maximum absolute atomic E-state index is 2.25. The van der Waals surface area contributed by atoms with Crippen molar-refractivity contribution in [2.24, 2.45) is 0 Å². The van der Waals surface area contributed by atoms with E-state index in [1.807, 2.05) is 0 Å². The molecule has 1 aliphatic rings. The van der Waals surface area contributed by atoms with Gasteiger partial charge in [0.1, 0.15) is 0 Å². The molecule has 0 N–H and O–H groups in total. The molecule has 2 aromatic carbocycles. The highest BCUT2D eigenvalue weighted by molar-refractivity contribution is 7.57. The lowest BCUT2D eigenvalue weighted by Crippen LogP contribution is -2.25. The minimum absolute atomic E-state index is 0.758. The summed E-state index contributed by atoms with van der Waals surface area (Å²) in [6.45, 7) is 2.22. The van der Waals surface area contributed by atoms with E-state index in [2.05, 4.69) is 73.7 Å².